The van der Waals surface area contributed by atoms with Gasteiger partial charge in [0.15, 0.2) is 0 Å². The maximum Gasteiger partial charge on any atom is 0.253 e. The average molecular weight is 368 g/mol. The predicted octanol–water partition coefficient (Wildman–Crippen LogP) is 1.96. The first kappa shape index (κ1) is 19.7. The molecule has 1 aromatic rings. The van der Waals surface area contributed by atoms with E-state index < -0.39 is 0 Å². The molecular formula is C18H26ClN3O3. The monoisotopic (exact) mass is 367 g/mol. The molecule has 3 N–H and O–H groups in total. The first-order valence-corrected chi connectivity index (χ1v) is 8.74. The first-order chi connectivity index (χ1) is 11.7. The Morgan fingerprint density at radius 1 is 1.24 bits per heavy atom. The summed E-state index contributed by atoms with van der Waals surface area (Å²) in [6.45, 7) is 3.34. The Bertz CT molecular complexity index is 585. The molecule has 2 saturated heterocycles. The lowest BCUT2D eigenvalue weighted by Crippen LogP contribution is -2.38. The van der Waals surface area contributed by atoms with Crippen LogP contribution in [0.5, 0.6) is 0 Å². The van der Waals surface area contributed by atoms with Crippen LogP contribution in [0.4, 0.5) is 5.69 Å². The van der Waals surface area contributed by atoms with Crippen molar-refractivity contribution in [1.82, 2.24) is 10.6 Å². The van der Waals surface area contributed by atoms with Gasteiger partial charge in [0.1, 0.15) is 6.10 Å². The van der Waals surface area contributed by atoms with Gasteiger partial charge in [-0.05, 0) is 62.9 Å². The van der Waals surface area contributed by atoms with Crippen molar-refractivity contribution in [3.8, 4) is 0 Å². The van der Waals surface area contributed by atoms with E-state index in [0.717, 1.165) is 38.8 Å². The fourth-order valence-electron chi connectivity index (χ4n) is 3.18. The summed E-state index contributed by atoms with van der Waals surface area (Å²) >= 11 is 0. The largest absolute Gasteiger partial charge is 0.368 e. The van der Waals surface area contributed by atoms with Gasteiger partial charge in [0.05, 0.1) is 0 Å². The highest BCUT2D eigenvalue weighted by Crippen LogP contribution is 2.16. The quantitative estimate of drug-likeness (QED) is 0.743. The number of carbonyl (C=O) groups excluding carboxylic acids is 2. The molecule has 6 nitrogen and oxygen atoms in total. The lowest BCUT2D eigenvalue weighted by molar-refractivity contribution is -0.124. The van der Waals surface area contributed by atoms with Crippen molar-refractivity contribution in [2.75, 3.05) is 31.6 Å². The second-order valence-corrected chi connectivity index (χ2v) is 6.49. The molecule has 25 heavy (non-hydrogen) atoms. The summed E-state index contributed by atoms with van der Waals surface area (Å²) in [5, 5.41) is 9.16. The first-order valence-electron chi connectivity index (χ1n) is 8.74. The minimum atomic E-state index is -0.374. The maximum absolute atomic E-state index is 12.3. The highest BCUT2D eigenvalue weighted by atomic mass is 35.5. The molecule has 138 valence electrons. The normalized spacial score (nSPS) is 22.7. The van der Waals surface area contributed by atoms with Crippen LogP contribution in [0.1, 0.15) is 36.0 Å². The molecule has 2 heterocycles. The van der Waals surface area contributed by atoms with E-state index in [0.29, 0.717) is 30.3 Å². The zero-order chi connectivity index (χ0) is 16.8. The average Bonchev–Trinajstić information content (AvgIpc) is 3.15. The van der Waals surface area contributed by atoms with Gasteiger partial charge in [-0.1, -0.05) is 6.07 Å². The Labute approximate surface area is 154 Å². The molecule has 0 radical (unpaired) electrons. The number of piperidine rings is 1. The van der Waals surface area contributed by atoms with Gasteiger partial charge >= 0.3 is 0 Å². The van der Waals surface area contributed by atoms with E-state index in [1.54, 1.807) is 24.3 Å². The summed E-state index contributed by atoms with van der Waals surface area (Å²) in [5.41, 5.74) is 1.19. The summed E-state index contributed by atoms with van der Waals surface area (Å²) < 4.78 is 5.37. The maximum atomic E-state index is 12.3. The molecule has 2 atom stereocenters. The van der Waals surface area contributed by atoms with Crippen molar-refractivity contribution >= 4 is 29.9 Å². The molecule has 2 unspecified atom stereocenters. The molecule has 2 aliphatic rings. The molecule has 0 saturated carbocycles. The van der Waals surface area contributed by atoms with E-state index in [9.17, 15) is 9.59 Å². The Morgan fingerprint density at radius 2 is 2.12 bits per heavy atom. The molecule has 2 amide bonds. The van der Waals surface area contributed by atoms with Crippen LogP contribution in [0, 0.1) is 5.92 Å². The molecule has 0 bridgehead atoms. The number of nitrogens with one attached hydrogen (secondary N) is 3. The van der Waals surface area contributed by atoms with Crippen LogP contribution >= 0.6 is 12.4 Å². The van der Waals surface area contributed by atoms with Crippen LogP contribution in [0.3, 0.4) is 0 Å². The standard InChI is InChI=1S/C18H25N3O3.ClH/c22-17(20-12-13-4-2-8-19-11-13)14-5-1-6-15(10-14)21-18(23)16-7-3-9-24-16;/h1,5-6,10,13,16,19H,2-4,7-9,11-12H2,(H,20,22)(H,21,23);1H. The number of rotatable bonds is 5. The number of anilines is 1. The van der Waals surface area contributed by atoms with Crippen LogP contribution in [-0.4, -0.2) is 44.2 Å². The van der Waals surface area contributed by atoms with E-state index in [-0.39, 0.29) is 30.3 Å². The number of ether oxygens (including phenoxy) is 1. The second kappa shape index (κ2) is 9.75. The lowest BCUT2D eigenvalue weighted by atomic mass is 9.99. The molecule has 0 spiro atoms. The zero-order valence-electron chi connectivity index (χ0n) is 14.3. The third-order valence-electron chi connectivity index (χ3n) is 4.56. The van der Waals surface area contributed by atoms with Crippen LogP contribution in [0.25, 0.3) is 0 Å². The Hall–Kier alpha value is -1.63. The molecular weight excluding hydrogens is 342 g/mol. The highest BCUT2D eigenvalue weighted by Gasteiger charge is 2.23. The Balaban J connectivity index is 0.00000225. The van der Waals surface area contributed by atoms with E-state index in [1.807, 2.05) is 0 Å². The van der Waals surface area contributed by atoms with Gasteiger partial charge in [0, 0.05) is 24.4 Å². The van der Waals surface area contributed by atoms with Crippen LogP contribution < -0.4 is 16.0 Å². The third kappa shape index (κ3) is 5.70. The lowest BCUT2D eigenvalue weighted by Gasteiger charge is -2.22. The van der Waals surface area contributed by atoms with Gasteiger partial charge < -0.3 is 20.7 Å². The fourth-order valence-corrected chi connectivity index (χ4v) is 3.18. The van der Waals surface area contributed by atoms with Gasteiger partial charge in [-0.3, -0.25) is 9.59 Å². The summed E-state index contributed by atoms with van der Waals surface area (Å²) in [6, 6.07) is 7.04. The molecule has 0 aromatic heterocycles. The summed E-state index contributed by atoms with van der Waals surface area (Å²) in [5.74, 6) is 0.247. The van der Waals surface area contributed by atoms with Gasteiger partial charge in [-0.2, -0.15) is 0 Å². The number of benzene rings is 1. The molecule has 2 aliphatic heterocycles. The van der Waals surface area contributed by atoms with Gasteiger partial charge in [0.2, 0.25) is 0 Å². The summed E-state index contributed by atoms with van der Waals surface area (Å²) in [6.07, 6.45) is 3.59. The Kier molecular flexibility index (Phi) is 7.68. The molecule has 3 rings (SSSR count). The topological polar surface area (TPSA) is 79.5 Å². The van der Waals surface area contributed by atoms with Gasteiger partial charge in [-0.25, -0.2) is 0 Å². The zero-order valence-corrected chi connectivity index (χ0v) is 15.1. The predicted molar refractivity (Wildman–Crippen MR) is 99.2 cm³/mol. The second-order valence-electron chi connectivity index (χ2n) is 6.49. The smallest absolute Gasteiger partial charge is 0.253 e. The van der Waals surface area contributed by atoms with Gasteiger partial charge in [0.25, 0.3) is 11.8 Å². The summed E-state index contributed by atoms with van der Waals surface area (Å²) in [4.78, 5) is 24.4. The number of hydrogen-bond acceptors (Lipinski definition) is 4. The van der Waals surface area contributed by atoms with Crippen molar-refractivity contribution in [3.63, 3.8) is 0 Å². The number of amides is 2. The van der Waals surface area contributed by atoms with Crippen molar-refractivity contribution < 1.29 is 14.3 Å². The molecule has 1 aromatic carbocycles. The van der Waals surface area contributed by atoms with Crippen molar-refractivity contribution in [2.45, 2.75) is 31.8 Å². The number of halogens is 1. The van der Waals surface area contributed by atoms with Gasteiger partial charge in [-0.15, -0.1) is 12.4 Å². The van der Waals surface area contributed by atoms with E-state index in [2.05, 4.69) is 16.0 Å². The van der Waals surface area contributed by atoms with E-state index >= 15 is 0 Å². The Morgan fingerprint density at radius 3 is 2.84 bits per heavy atom. The van der Waals surface area contributed by atoms with E-state index in [4.69, 9.17) is 4.74 Å². The molecule has 2 fully saturated rings. The summed E-state index contributed by atoms with van der Waals surface area (Å²) in [7, 11) is 0. The van der Waals surface area contributed by atoms with Crippen molar-refractivity contribution in [2.24, 2.45) is 5.92 Å². The highest BCUT2D eigenvalue weighted by molar-refractivity contribution is 5.98. The third-order valence-corrected chi connectivity index (χ3v) is 4.56. The number of carbonyl (C=O) groups is 2. The minimum Gasteiger partial charge on any atom is -0.368 e. The van der Waals surface area contributed by atoms with Crippen molar-refractivity contribution in [1.29, 1.82) is 0 Å². The molecule has 7 heteroatoms. The van der Waals surface area contributed by atoms with Crippen LogP contribution in [-0.2, 0) is 9.53 Å². The number of hydrogen-bond donors (Lipinski definition) is 3. The fraction of sp³-hybridized carbons (Fsp3) is 0.556. The minimum absolute atomic E-state index is 0. The molecule has 0 aliphatic carbocycles. The SMILES string of the molecule is Cl.O=C(NCC1CCCNC1)c1cccc(NC(=O)C2CCCO2)c1. The van der Waals surface area contributed by atoms with Crippen molar-refractivity contribution in [3.05, 3.63) is 29.8 Å². The van der Waals surface area contributed by atoms with E-state index in [1.165, 1.54) is 0 Å². The van der Waals surface area contributed by atoms with Crippen LogP contribution in [0.2, 0.25) is 0 Å². The van der Waals surface area contributed by atoms with Crippen LogP contribution in [0.15, 0.2) is 24.3 Å².